The van der Waals surface area contributed by atoms with Crippen LogP contribution in [0, 0.1) is 5.92 Å². The normalized spacial score (nSPS) is 22.7. The first-order chi connectivity index (χ1) is 22.7. The molecule has 0 radical (unpaired) electrons. The predicted octanol–water partition coefficient (Wildman–Crippen LogP) is 3.42. The van der Waals surface area contributed by atoms with Crippen LogP contribution in [-0.2, 0) is 44.3 Å². The second-order valence-electron chi connectivity index (χ2n) is 12.9. The molecule has 242 valence electrons. The Labute approximate surface area is 273 Å². The van der Waals surface area contributed by atoms with Gasteiger partial charge in [0.15, 0.2) is 5.60 Å². The Hall–Kier alpha value is -4.80. The fourth-order valence-electron chi connectivity index (χ4n) is 7.07. The molecule has 0 aliphatic carbocycles. The highest BCUT2D eigenvalue weighted by atomic mass is 16.3. The molecular weight excluding hydrogens is 596 g/mol. The fraction of sp³-hybridized carbons (Fsp3) is 0.351. The van der Waals surface area contributed by atoms with Gasteiger partial charge in [0.25, 0.3) is 5.91 Å². The van der Waals surface area contributed by atoms with Crippen LogP contribution in [0.3, 0.4) is 0 Å². The minimum atomic E-state index is -1.93. The lowest BCUT2D eigenvalue weighted by atomic mass is 9.82. The monoisotopic (exact) mass is 634 g/mol. The molecule has 3 atom stereocenters. The van der Waals surface area contributed by atoms with E-state index in [1.165, 1.54) is 0 Å². The molecule has 0 aromatic heterocycles. The minimum Gasteiger partial charge on any atom is -0.394 e. The first-order valence-corrected chi connectivity index (χ1v) is 16.2. The van der Waals surface area contributed by atoms with E-state index in [4.69, 9.17) is 0 Å². The van der Waals surface area contributed by atoms with Crippen LogP contribution in [0.5, 0.6) is 0 Å². The first kappa shape index (κ1) is 30.8. The van der Waals surface area contributed by atoms with Gasteiger partial charge in [0.05, 0.1) is 24.9 Å². The van der Waals surface area contributed by atoms with Crippen molar-refractivity contribution >= 4 is 40.7 Å². The summed E-state index contributed by atoms with van der Waals surface area (Å²) in [6, 6.07) is 20.4. The van der Waals surface area contributed by atoms with Gasteiger partial charge in [0, 0.05) is 61.8 Å². The molecule has 3 aromatic rings. The number of aliphatic hydroxyl groups excluding tert-OH is 1. The quantitative estimate of drug-likeness (QED) is 0.275. The number of hydrogen-bond donors (Lipinski definition) is 2. The lowest BCUT2D eigenvalue weighted by Crippen LogP contribution is -2.46. The van der Waals surface area contributed by atoms with Crippen LogP contribution in [0.1, 0.15) is 48.4 Å². The van der Waals surface area contributed by atoms with E-state index >= 15 is 0 Å². The Kier molecular flexibility index (Phi) is 7.93. The van der Waals surface area contributed by atoms with E-state index in [0.29, 0.717) is 55.8 Å². The maximum Gasteiger partial charge on any atom is 0.264 e. The number of nitrogens with zero attached hydrogens (tertiary/aromatic N) is 4. The number of rotatable bonds is 9. The lowest BCUT2D eigenvalue weighted by molar-refractivity contribution is -0.139. The van der Waals surface area contributed by atoms with Gasteiger partial charge in [0.1, 0.15) is 0 Å². The van der Waals surface area contributed by atoms with Crippen LogP contribution < -0.4 is 14.7 Å². The van der Waals surface area contributed by atoms with Crippen molar-refractivity contribution in [2.75, 3.05) is 34.4 Å². The van der Waals surface area contributed by atoms with Gasteiger partial charge in [-0.05, 0) is 53.4 Å². The van der Waals surface area contributed by atoms with E-state index in [-0.39, 0.29) is 43.3 Å². The molecule has 3 aromatic carbocycles. The van der Waals surface area contributed by atoms with Gasteiger partial charge in [-0.15, -0.1) is 0 Å². The molecule has 2 N–H and O–H groups in total. The predicted molar refractivity (Wildman–Crippen MR) is 176 cm³/mol. The highest BCUT2D eigenvalue weighted by molar-refractivity contribution is 6.08. The van der Waals surface area contributed by atoms with E-state index in [0.717, 1.165) is 22.4 Å². The van der Waals surface area contributed by atoms with Gasteiger partial charge in [-0.2, -0.15) is 0 Å². The molecule has 0 bridgehead atoms. The topological polar surface area (TPSA) is 122 Å². The number of benzene rings is 3. The van der Waals surface area contributed by atoms with Crippen molar-refractivity contribution in [3.05, 3.63) is 101 Å². The summed E-state index contributed by atoms with van der Waals surface area (Å²) in [6.07, 6.45) is 5.03. The van der Waals surface area contributed by atoms with E-state index in [1.807, 2.05) is 48.5 Å². The zero-order valence-corrected chi connectivity index (χ0v) is 26.3. The molecule has 4 aliphatic rings. The molecule has 0 spiro atoms. The summed E-state index contributed by atoms with van der Waals surface area (Å²) < 4.78 is 0. The second-order valence-corrected chi connectivity index (χ2v) is 12.9. The molecule has 4 aliphatic heterocycles. The van der Waals surface area contributed by atoms with Crippen LogP contribution in [0.2, 0.25) is 0 Å². The Morgan fingerprint density at radius 1 is 0.936 bits per heavy atom. The maximum absolute atomic E-state index is 14.2. The molecule has 4 amide bonds. The molecule has 47 heavy (non-hydrogen) atoms. The maximum atomic E-state index is 14.2. The van der Waals surface area contributed by atoms with Crippen molar-refractivity contribution in [2.45, 2.75) is 57.3 Å². The van der Waals surface area contributed by atoms with Crippen molar-refractivity contribution in [1.29, 1.82) is 0 Å². The molecule has 0 saturated carbocycles. The molecular formula is C37H38N4O6. The van der Waals surface area contributed by atoms with E-state index < -0.39 is 17.4 Å². The van der Waals surface area contributed by atoms with Gasteiger partial charge in [-0.3, -0.25) is 19.2 Å². The molecule has 10 nitrogen and oxygen atoms in total. The van der Waals surface area contributed by atoms with Crippen LogP contribution in [-0.4, -0.2) is 64.5 Å². The molecule has 4 heterocycles. The van der Waals surface area contributed by atoms with Crippen molar-refractivity contribution < 1.29 is 29.4 Å². The number of carbonyl (C=O) groups is 4. The Bertz CT molecular complexity index is 1790. The third-order valence-electron chi connectivity index (χ3n) is 10.1. The third-order valence-corrected chi connectivity index (χ3v) is 10.1. The minimum absolute atomic E-state index is 0.0107. The summed E-state index contributed by atoms with van der Waals surface area (Å²) in [5.41, 5.74) is 3.51. The molecule has 2 saturated heterocycles. The zero-order chi connectivity index (χ0) is 32.9. The SMILES string of the molecule is C[C@@H](/C=C/CC(=O)N1Cc2ccccc2C[C@H]1CO)[C@]1(O)C(=O)N(Cc2ccc(N3CCC3=O)cc2)c2ccc(N3CCC3=O)cc21. The fourth-order valence-corrected chi connectivity index (χ4v) is 7.07. The molecule has 7 rings (SSSR count). The van der Waals surface area contributed by atoms with Crippen molar-refractivity contribution in [2.24, 2.45) is 5.92 Å². The number of anilines is 3. The summed E-state index contributed by atoms with van der Waals surface area (Å²) in [7, 11) is 0. The largest absolute Gasteiger partial charge is 0.394 e. The standard InChI is InChI=1S/C37H38N4O6/c1-24(5-4-8-33(43)40-22-27-7-3-2-6-26(27)19-30(40)23-42)37(47)31-20-29(39-18-16-35(39)45)13-14-32(31)41(36(37)46)21-25-9-11-28(12-10-25)38-17-15-34(38)44/h2-7,9-14,20,24,30,42,47H,8,15-19,21-23H2,1H3/b5-4+/t24-,30-,37+/m0/s1. The van der Waals surface area contributed by atoms with E-state index in [9.17, 15) is 29.4 Å². The summed E-state index contributed by atoms with van der Waals surface area (Å²) in [5, 5.41) is 22.3. The van der Waals surface area contributed by atoms with Gasteiger partial charge in [0.2, 0.25) is 17.7 Å². The van der Waals surface area contributed by atoms with Crippen molar-refractivity contribution in [1.82, 2.24) is 4.90 Å². The smallest absolute Gasteiger partial charge is 0.264 e. The summed E-state index contributed by atoms with van der Waals surface area (Å²) in [5.74, 6) is -1.26. The average molecular weight is 635 g/mol. The number of hydrogen-bond acceptors (Lipinski definition) is 6. The average Bonchev–Trinajstić information content (AvgIpc) is 3.28. The number of aliphatic hydroxyl groups is 2. The number of β-lactam (4-membered cyclic amide) rings is 2. The summed E-state index contributed by atoms with van der Waals surface area (Å²) in [4.78, 5) is 58.3. The molecule has 0 unspecified atom stereocenters. The van der Waals surface area contributed by atoms with Gasteiger partial charge in [-0.25, -0.2) is 0 Å². The van der Waals surface area contributed by atoms with Crippen LogP contribution in [0.15, 0.2) is 78.9 Å². The highest BCUT2D eigenvalue weighted by Crippen LogP contribution is 2.47. The number of amides is 4. The van der Waals surface area contributed by atoms with Crippen LogP contribution in [0.25, 0.3) is 0 Å². The van der Waals surface area contributed by atoms with Crippen molar-refractivity contribution in [3.8, 4) is 0 Å². The Morgan fingerprint density at radius 2 is 1.60 bits per heavy atom. The van der Waals surface area contributed by atoms with Gasteiger partial charge >= 0.3 is 0 Å². The molecule has 10 heteroatoms. The summed E-state index contributed by atoms with van der Waals surface area (Å²) >= 11 is 0. The van der Waals surface area contributed by atoms with Gasteiger partial charge < -0.3 is 29.8 Å². The van der Waals surface area contributed by atoms with Crippen LogP contribution >= 0.6 is 0 Å². The third kappa shape index (κ3) is 5.31. The molecule has 2 fully saturated rings. The van der Waals surface area contributed by atoms with Crippen LogP contribution in [0.4, 0.5) is 17.1 Å². The first-order valence-electron chi connectivity index (χ1n) is 16.2. The van der Waals surface area contributed by atoms with E-state index in [1.54, 1.807) is 56.9 Å². The Morgan fingerprint density at radius 3 is 2.23 bits per heavy atom. The zero-order valence-electron chi connectivity index (χ0n) is 26.3. The van der Waals surface area contributed by atoms with E-state index in [2.05, 4.69) is 0 Å². The lowest BCUT2D eigenvalue weighted by Gasteiger charge is -2.36. The Balaban J connectivity index is 1.12. The number of fused-ring (bicyclic) bond motifs is 2. The van der Waals surface area contributed by atoms with Gasteiger partial charge in [-0.1, -0.05) is 55.5 Å². The highest BCUT2D eigenvalue weighted by Gasteiger charge is 2.53. The van der Waals surface area contributed by atoms with Crippen molar-refractivity contribution in [3.63, 3.8) is 0 Å². The summed E-state index contributed by atoms with van der Waals surface area (Å²) in [6.45, 7) is 3.51. The second kappa shape index (κ2) is 12.1. The number of carbonyl (C=O) groups excluding carboxylic acids is 4.